The third-order valence-corrected chi connectivity index (χ3v) is 1.39. The van der Waals surface area contributed by atoms with Crippen molar-refractivity contribution in [2.45, 2.75) is 26.7 Å². The number of hydrogen-bond acceptors (Lipinski definition) is 2. The monoisotopic (exact) mass is 142 g/mol. The van der Waals surface area contributed by atoms with Crippen molar-refractivity contribution in [3.63, 3.8) is 0 Å². The Balaban J connectivity index is 3.96. The van der Waals surface area contributed by atoms with E-state index in [0.717, 1.165) is 18.4 Å². The Hall–Kier alpha value is -0.830. The summed E-state index contributed by atoms with van der Waals surface area (Å²) in [7, 11) is 0. The summed E-state index contributed by atoms with van der Waals surface area (Å²) >= 11 is 0. The molecule has 0 aliphatic heterocycles. The molecule has 3 N–H and O–H groups in total. The van der Waals surface area contributed by atoms with Crippen LogP contribution in [0.4, 0.5) is 0 Å². The first-order chi connectivity index (χ1) is 4.74. The van der Waals surface area contributed by atoms with E-state index in [-0.39, 0.29) is 5.91 Å². The van der Waals surface area contributed by atoms with Gasteiger partial charge in [-0.2, -0.15) is 0 Å². The van der Waals surface area contributed by atoms with Gasteiger partial charge in [-0.25, -0.2) is 5.84 Å². The van der Waals surface area contributed by atoms with Crippen LogP contribution in [0.25, 0.3) is 0 Å². The second-order valence-electron chi connectivity index (χ2n) is 2.02. The highest BCUT2D eigenvalue weighted by Gasteiger charge is 1.94. The van der Waals surface area contributed by atoms with E-state index < -0.39 is 0 Å². The van der Waals surface area contributed by atoms with Crippen LogP contribution < -0.4 is 11.3 Å². The lowest BCUT2D eigenvalue weighted by atomic mass is 10.1. The molecule has 0 aromatic heterocycles. The van der Waals surface area contributed by atoms with Gasteiger partial charge in [0.1, 0.15) is 0 Å². The van der Waals surface area contributed by atoms with E-state index in [4.69, 9.17) is 5.84 Å². The van der Waals surface area contributed by atoms with Gasteiger partial charge in [0, 0.05) is 6.08 Å². The van der Waals surface area contributed by atoms with E-state index in [1.165, 1.54) is 0 Å². The topological polar surface area (TPSA) is 55.1 Å². The van der Waals surface area contributed by atoms with Crippen LogP contribution in [-0.2, 0) is 4.79 Å². The Bertz CT molecular complexity index is 135. The third kappa shape index (κ3) is 3.25. The zero-order chi connectivity index (χ0) is 7.98. The van der Waals surface area contributed by atoms with E-state index in [0.29, 0.717) is 0 Å². The summed E-state index contributed by atoms with van der Waals surface area (Å²) in [6.45, 7) is 4.03. The molecule has 1 amide bonds. The van der Waals surface area contributed by atoms with Crippen molar-refractivity contribution >= 4 is 5.91 Å². The summed E-state index contributed by atoms with van der Waals surface area (Å²) in [4.78, 5) is 10.6. The van der Waals surface area contributed by atoms with Crippen molar-refractivity contribution in [1.82, 2.24) is 5.43 Å². The van der Waals surface area contributed by atoms with Gasteiger partial charge in [0.05, 0.1) is 0 Å². The van der Waals surface area contributed by atoms with Gasteiger partial charge in [-0.3, -0.25) is 10.2 Å². The summed E-state index contributed by atoms with van der Waals surface area (Å²) in [5, 5.41) is 0. The fourth-order valence-electron chi connectivity index (χ4n) is 0.681. The van der Waals surface area contributed by atoms with Crippen LogP contribution in [0.1, 0.15) is 26.7 Å². The number of amides is 1. The molecule has 0 saturated heterocycles. The molecule has 3 heteroatoms. The highest BCUT2D eigenvalue weighted by Crippen LogP contribution is 2.03. The van der Waals surface area contributed by atoms with Crippen molar-refractivity contribution < 1.29 is 4.79 Å². The molecule has 3 nitrogen and oxygen atoms in total. The lowest BCUT2D eigenvalue weighted by Gasteiger charge is -1.97. The van der Waals surface area contributed by atoms with Crippen LogP contribution in [0.3, 0.4) is 0 Å². The molecule has 0 saturated carbocycles. The second kappa shape index (κ2) is 4.99. The van der Waals surface area contributed by atoms with Gasteiger partial charge in [0.2, 0.25) is 0 Å². The highest BCUT2D eigenvalue weighted by atomic mass is 16.2. The van der Waals surface area contributed by atoms with Crippen LogP contribution >= 0.6 is 0 Å². The standard InChI is InChI=1S/C7H14N2O/c1-3-6(4-2)5-7(10)9-8/h5H,3-4,8H2,1-2H3,(H,9,10). The first-order valence-electron chi connectivity index (χ1n) is 3.44. The summed E-state index contributed by atoms with van der Waals surface area (Å²) in [5.41, 5.74) is 3.16. The molecule has 0 bridgehead atoms. The Kier molecular flexibility index (Phi) is 4.58. The predicted octanol–water partition coefficient (Wildman–Crippen LogP) is 0.723. The van der Waals surface area contributed by atoms with Crippen molar-refractivity contribution in [3.05, 3.63) is 11.6 Å². The molecule has 0 heterocycles. The zero-order valence-electron chi connectivity index (χ0n) is 6.48. The summed E-state index contributed by atoms with van der Waals surface area (Å²) in [5.74, 6) is 4.66. The van der Waals surface area contributed by atoms with Crippen molar-refractivity contribution in [2.75, 3.05) is 0 Å². The van der Waals surface area contributed by atoms with Gasteiger partial charge in [-0.1, -0.05) is 19.4 Å². The van der Waals surface area contributed by atoms with E-state index in [2.05, 4.69) is 0 Å². The quantitative estimate of drug-likeness (QED) is 0.264. The van der Waals surface area contributed by atoms with E-state index in [1.54, 1.807) is 6.08 Å². The van der Waals surface area contributed by atoms with E-state index >= 15 is 0 Å². The Morgan fingerprint density at radius 2 is 2.00 bits per heavy atom. The van der Waals surface area contributed by atoms with Crippen LogP contribution in [0.5, 0.6) is 0 Å². The minimum Gasteiger partial charge on any atom is -0.291 e. The van der Waals surface area contributed by atoms with Crippen LogP contribution in [-0.4, -0.2) is 5.91 Å². The van der Waals surface area contributed by atoms with Gasteiger partial charge >= 0.3 is 0 Å². The number of rotatable bonds is 3. The normalized spacial score (nSPS) is 8.70. The molecule has 0 aromatic carbocycles. The summed E-state index contributed by atoms with van der Waals surface area (Å²) in [6, 6.07) is 0. The zero-order valence-corrected chi connectivity index (χ0v) is 6.48. The Morgan fingerprint density at radius 1 is 1.50 bits per heavy atom. The maximum Gasteiger partial charge on any atom is 0.257 e. The molecular weight excluding hydrogens is 128 g/mol. The Morgan fingerprint density at radius 3 is 2.30 bits per heavy atom. The lowest BCUT2D eigenvalue weighted by molar-refractivity contribution is -0.116. The number of nitrogens with one attached hydrogen (secondary N) is 1. The second-order valence-corrected chi connectivity index (χ2v) is 2.02. The maximum atomic E-state index is 10.6. The molecule has 58 valence electrons. The molecule has 10 heavy (non-hydrogen) atoms. The molecule has 0 rings (SSSR count). The Labute approximate surface area is 61.3 Å². The number of allylic oxidation sites excluding steroid dienone is 1. The molecule has 0 fully saturated rings. The van der Waals surface area contributed by atoms with Gasteiger partial charge < -0.3 is 0 Å². The number of nitrogens with two attached hydrogens (primary N) is 1. The number of carbonyl (C=O) groups is 1. The fraction of sp³-hybridized carbons (Fsp3) is 0.571. The molecule has 0 aliphatic carbocycles. The SMILES string of the molecule is CCC(=CC(=O)NN)CC. The first-order valence-corrected chi connectivity index (χ1v) is 3.44. The van der Waals surface area contributed by atoms with Crippen molar-refractivity contribution in [2.24, 2.45) is 5.84 Å². The first kappa shape index (κ1) is 9.17. The van der Waals surface area contributed by atoms with Crippen LogP contribution in [0.2, 0.25) is 0 Å². The summed E-state index contributed by atoms with van der Waals surface area (Å²) < 4.78 is 0. The molecule has 0 unspecified atom stereocenters. The van der Waals surface area contributed by atoms with E-state index in [9.17, 15) is 4.79 Å². The van der Waals surface area contributed by atoms with Crippen molar-refractivity contribution in [1.29, 1.82) is 0 Å². The molecular formula is C7H14N2O. The fourth-order valence-corrected chi connectivity index (χ4v) is 0.681. The lowest BCUT2D eigenvalue weighted by Crippen LogP contribution is -2.28. The molecule has 0 spiro atoms. The van der Waals surface area contributed by atoms with Crippen LogP contribution in [0.15, 0.2) is 11.6 Å². The highest BCUT2D eigenvalue weighted by molar-refractivity contribution is 5.87. The molecule has 0 atom stereocenters. The molecule has 0 aromatic rings. The molecule has 0 radical (unpaired) electrons. The number of carbonyl (C=O) groups excluding carboxylic acids is 1. The van der Waals surface area contributed by atoms with Gasteiger partial charge in [-0.05, 0) is 12.8 Å². The largest absolute Gasteiger partial charge is 0.291 e. The average molecular weight is 142 g/mol. The third-order valence-electron chi connectivity index (χ3n) is 1.39. The van der Waals surface area contributed by atoms with E-state index in [1.807, 2.05) is 19.3 Å². The number of hydrazine groups is 1. The predicted molar refractivity (Wildman–Crippen MR) is 41.0 cm³/mol. The van der Waals surface area contributed by atoms with Gasteiger partial charge in [0.25, 0.3) is 5.91 Å². The minimum atomic E-state index is -0.223. The average Bonchev–Trinajstić information content (AvgIpc) is 1.99. The van der Waals surface area contributed by atoms with Crippen molar-refractivity contribution in [3.8, 4) is 0 Å². The summed E-state index contributed by atoms with van der Waals surface area (Å²) in [6.07, 6.45) is 3.36. The molecule has 0 aliphatic rings. The number of hydrogen-bond donors (Lipinski definition) is 2. The minimum absolute atomic E-state index is 0.223. The van der Waals surface area contributed by atoms with Gasteiger partial charge in [0.15, 0.2) is 0 Å². The smallest absolute Gasteiger partial charge is 0.257 e. The maximum absolute atomic E-state index is 10.6. The van der Waals surface area contributed by atoms with Crippen LogP contribution in [0, 0.1) is 0 Å². The van der Waals surface area contributed by atoms with Gasteiger partial charge in [-0.15, -0.1) is 0 Å².